The minimum Gasteiger partial charge on any atom is -0.504 e. The van der Waals surface area contributed by atoms with Crippen molar-refractivity contribution in [1.29, 1.82) is 0 Å². The maximum atomic E-state index is 12.1. The molecule has 0 radical (unpaired) electrons. The van der Waals surface area contributed by atoms with Gasteiger partial charge in [0.25, 0.3) is 0 Å². The molecular formula is C31H28FeO6. The smallest absolute Gasteiger partial charge is 0.504 e. The van der Waals surface area contributed by atoms with Gasteiger partial charge < -0.3 is 19.7 Å². The number of carbonyl (C=O) groups excluding carboxylic acids is 2. The van der Waals surface area contributed by atoms with Crippen molar-refractivity contribution in [2.75, 3.05) is 7.11 Å². The molecule has 0 aliphatic carbocycles. The van der Waals surface area contributed by atoms with Gasteiger partial charge in [0.15, 0.2) is 34.6 Å². The van der Waals surface area contributed by atoms with E-state index in [1.54, 1.807) is 36.4 Å². The molecular weight excluding hydrogens is 524 g/mol. The molecule has 4 aromatic rings. The van der Waals surface area contributed by atoms with E-state index in [0.717, 1.165) is 5.56 Å². The van der Waals surface area contributed by atoms with E-state index < -0.39 is 0 Å². The molecule has 0 heterocycles. The van der Waals surface area contributed by atoms with Crippen molar-refractivity contribution in [3.8, 4) is 23.0 Å². The molecule has 0 aromatic heterocycles. The van der Waals surface area contributed by atoms with Crippen LogP contribution in [-0.4, -0.2) is 28.9 Å². The zero-order valence-electron chi connectivity index (χ0n) is 20.8. The van der Waals surface area contributed by atoms with Crippen molar-refractivity contribution in [3.63, 3.8) is 0 Å². The Morgan fingerprint density at radius 1 is 0.816 bits per heavy atom. The molecule has 0 bridgehead atoms. The Morgan fingerprint density at radius 2 is 1.39 bits per heavy atom. The number of phenols is 2. The largest absolute Gasteiger partial charge is 2.00 e. The summed E-state index contributed by atoms with van der Waals surface area (Å²) in [5, 5.41) is 19.6. The molecule has 4 rings (SSSR count). The summed E-state index contributed by atoms with van der Waals surface area (Å²) in [5.41, 5.74) is 2.31. The normalized spacial score (nSPS) is 10.4. The number of hydrogen-bond acceptors (Lipinski definition) is 6. The van der Waals surface area contributed by atoms with Crippen molar-refractivity contribution >= 4 is 23.7 Å². The number of rotatable bonds is 10. The third-order valence-electron chi connectivity index (χ3n) is 5.14. The van der Waals surface area contributed by atoms with E-state index in [2.05, 4.69) is 0 Å². The topological polar surface area (TPSA) is 93.1 Å². The molecule has 196 valence electrons. The van der Waals surface area contributed by atoms with Crippen LogP contribution < -0.4 is 9.47 Å². The molecule has 38 heavy (non-hydrogen) atoms. The first-order valence-electron chi connectivity index (χ1n) is 11.6. The number of aromatic hydroxyl groups is 2. The van der Waals surface area contributed by atoms with Gasteiger partial charge in [-0.3, -0.25) is 9.59 Å². The second-order valence-electron chi connectivity index (χ2n) is 7.98. The molecule has 0 aliphatic rings. The minimum atomic E-state index is -0.352. The summed E-state index contributed by atoms with van der Waals surface area (Å²) in [6, 6.07) is 27.1. The van der Waals surface area contributed by atoms with Crippen molar-refractivity contribution in [2.24, 2.45) is 0 Å². The minimum absolute atomic E-state index is 0. The number of ketones is 2. The first-order valence-corrected chi connectivity index (χ1v) is 11.6. The third-order valence-corrected chi connectivity index (χ3v) is 5.14. The first-order chi connectivity index (χ1) is 17.9. The second-order valence-corrected chi connectivity index (χ2v) is 7.98. The van der Waals surface area contributed by atoms with Crippen LogP contribution in [0.4, 0.5) is 0 Å². The summed E-state index contributed by atoms with van der Waals surface area (Å²) in [7, 11) is 1.44. The van der Waals surface area contributed by atoms with Crippen LogP contribution in [0.15, 0.2) is 103 Å². The van der Waals surface area contributed by atoms with Crippen LogP contribution in [0.3, 0.4) is 0 Å². The summed E-state index contributed by atoms with van der Waals surface area (Å²) in [5.74, 6) is -0.0857. The van der Waals surface area contributed by atoms with Gasteiger partial charge >= 0.3 is 17.1 Å². The van der Waals surface area contributed by atoms with Gasteiger partial charge in [-0.1, -0.05) is 24.3 Å². The fourth-order valence-electron chi connectivity index (χ4n) is 3.21. The molecule has 0 fully saturated rings. The van der Waals surface area contributed by atoms with Gasteiger partial charge in [0.1, 0.15) is 0 Å². The zero-order chi connectivity index (χ0) is 26.5. The number of allylic oxidation sites excluding steroid dienone is 2. The van der Waals surface area contributed by atoms with Crippen molar-refractivity contribution in [3.05, 3.63) is 120 Å². The molecule has 7 heteroatoms. The maximum Gasteiger partial charge on any atom is 2.00 e. The van der Waals surface area contributed by atoms with Crippen LogP contribution in [0.2, 0.25) is 0 Å². The van der Waals surface area contributed by atoms with Crippen LogP contribution in [-0.2, 0) is 33.3 Å². The van der Waals surface area contributed by atoms with E-state index >= 15 is 0 Å². The zero-order valence-corrected chi connectivity index (χ0v) is 21.9. The van der Waals surface area contributed by atoms with E-state index in [-0.39, 0.29) is 46.6 Å². The van der Waals surface area contributed by atoms with E-state index in [1.165, 1.54) is 31.4 Å². The molecule has 0 unspecified atom stereocenters. The van der Waals surface area contributed by atoms with Gasteiger partial charge in [-0.2, -0.15) is 30.3 Å². The van der Waals surface area contributed by atoms with Gasteiger partial charge in [-0.15, -0.1) is 5.56 Å². The molecule has 0 spiro atoms. The standard InChI is InChI=1S/C26H23O6.C5H5.Fe/c1-31-25-14-18(8-12-23(25)29)6-10-21(27)16-22(28)11-7-19-9-13-24(30)26(15-19)32-17-20-4-2-3-5-20;1-2-4-5-3-1;/h2-15,29-30H,16-17H2,1H3;1-5H;/q2*-1;+2/b10-6+,11-7+;;. The molecule has 0 saturated heterocycles. The average molecular weight is 552 g/mol. The Morgan fingerprint density at radius 3 is 1.89 bits per heavy atom. The number of phenolic OH excluding ortho intramolecular Hbond substituents is 2. The Hall–Kier alpha value is -4.32. The van der Waals surface area contributed by atoms with E-state index in [9.17, 15) is 19.8 Å². The van der Waals surface area contributed by atoms with Crippen molar-refractivity contribution < 1.29 is 46.3 Å². The Balaban J connectivity index is 0.000000756. The molecule has 6 nitrogen and oxygen atoms in total. The van der Waals surface area contributed by atoms with Crippen molar-refractivity contribution in [2.45, 2.75) is 13.0 Å². The Labute approximate surface area is 232 Å². The van der Waals surface area contributed by atoms with Gasteiger partial charge in [-0.05, 0) is 47.5 Å². The molecule has 4 aromatic carbocycles. The summed E-state index contributed by atoms with van der Waals surface area (Å²) < 4.78 is 10.7. The number of benzene rings is 2. The van der Waals surface area contributed by atoms with E-state index in [4.69, 9.17) is 9.47 Å². The molecule has 2 N–H and O–H groups in total. The predicted octanol–water partition coefficient (Wildman–Crippen LogP) is 6.06. The van der Waals surface area contributed by atoms with Crippen LogP contribution in [0.25, 0.3) is 12.2 Å². The summed E-state index contributed by atoms with van der Waals surface area (Å²) >= 11 is 0. The molecule has 0 amide bonds. The van der Waals surface area contributed by atoms with E-state index in [0.29, 0.717) is 29.2 Å². The van der Waals surface area contributed by atoms with Crippen LogP contribution in [0.5, 0.6) is 23.0 Å². The monoisotopic (exact) mass is 552 g/mol. The van der Waals surface area contributed by atoms with Gasteiger partial charge in [0, 0.05) is 0 Å². The van der Waals surface area contributed by atoms with Crippen LogP contribution in [0.1, 0.15) is 23.1 Å². The van der Waals surface area contributed by atoms with Gasteiger partial charge in [0.05, 0.1) is 20.1 Å². The first kappa shape index (κ1) is 29.9. The SMILES string of the molecule is COc1cc(/C=C/C(=O)CC(=O)/C=C/c2ccc(O)c(OCc3ccc[cH-]3)c2)ccc1O.[Fe+2].c1cc[cH-]c1. The van der Waals surface area contributed by atoms with Crippen LogP contribution in [0, 0.1) is 0 Å². The fraction of sp³-hybridized carbons (Fsp3) is 0.0968. The summed E-state index contributed by atoms with van der Waals surface area (Å²) in [6.07, 6.45) is 5.48. The summed E-state index contributed by atoms with van der Waals surface area (Å²) in [6.45, 7) is 0.320. The number of methoxy groups -OCH3 is 1. The average Bonchev–Trinajstić information content (AvgIpc) is 3.64. The molecule has 0 saturated carbocycles. The maximum absolute atomic E-state index is 12.1. The van der Waals surface area contributed by atoms with E-state index in [1.807, 2.05) is 54.6 Å². The van der Waals surface area contributed by atoms with Gasteiger partial charge in [0.2, 0.25) is 0 Å². The summed E-state index contributed by atoms with van der Waals surface area (Å²) in [4.78, 5) is 24.2. The Kier molecular flexibility index (Phi) is 12.4. The molecule has 0 atom stereocenters. The van der Waals surface area contributed by atoms with Crippen LogP contribution >= 0.6 is 0 Å². The number of ether oxygens (including phenoxy) is 2. The van der Waals surface area contributed by atoms with Gasteiger partial charge in [-0.25, -0.2) is 24.3 Å². The molecule has 0 aliphatic heterocycles. The Bertz CT molecular complexity index is 1320. The fourth-order valence-corrected chi connectivity index (χ4v) is 3.21. The number of hydrogen-bond donors (Lipinski definition) is 2. The predicted molar refractivity (Wildman–Crippen MR) is 144 cm³/mol. The number of carbonyl (C=O) groups is 2. The second kappa shape index (κ2) is 15.7. The van der Waals surface area contributed by atoms with Crippen molar-refractivity contribution in [1.82, 2.24) is 0 Å². The third kappa shape index (κ3) is 9.97. The quantitative estimate of drug-likeness (QED) is 0.108.